The quantitative estimate of drug-likeness (QED) is 0.808. The molecule has 1 N–H and O–H groups in total. The highest BCUT2D eigenvalue weighted by atomic mass is 35.5. The predicted octanol–water partition coefficient (Wildman–Crippen LogP) is 2.92. The number of halogens is 1. The zero-order valence-corrected chi connectivity index (χ0v) is 8.69. The Bertz CT molecular complexity index is 527. The van der Waals surface area contributed by atoms with E-state index in [0.717, 1.165) is 10.1 Å². The third-order valence-electron chi connectivity index (χ3n) is 2.08. The van der Waals surface area contributed by atoms with E-state index in [0.29, 0.717) is 16.1 Å². The SMILES string of the molecule is N#Cc1ccc2c(Cl)csc2c1CO. The van der Waals surface area contributed by atoms with Crippen molar-refractivity contribution in [3.05, 3.63) is 33.7 Å². The fourth-order valence-electron chi connectivity index (χ4n) is 1.39. The Labute approximate surface area is 90.0 Å². The molecule has 0 saturated heterocycles. The zero-order chi connectivity index (χ0) is 10.1. The van der Waals surface area contributed by atoms with Gasteiger partial charge in [0.1, 0.15) is 0 Å². The van der Waals surface area contributed by atoms with Crippen molar-refractivity contribution in [1.29, 1.82) is 5.26 Å². The molecule has 0 radical (unpaired) electrons. The first-order valence-electron chi connectivity index (χ1n) is 3.97. The van der Waals surface area contributed by atoms with Gasteiger partial charge in [0.05, 0.1) is 23.3 Å². The minimum absolute atomic E-state index is 0.128. The van der Waals surface area contributed by atoms with E-state index in [4.69, 9.17) is 22.0 Å². The number of hydrogen-bond acceptors (Lipinski definition) is 3. The van der Waals surface area contributed by atoms with Crippen LogP contribution in [0.25, 0.3) is 10.1 Å². The molecule has 1 heterocycles. The van der Waals surface area contributed by atoms with Crippen LogP contribution in [0, 0.1) is 11.3 Å². The van der Waals surface area contributed by atoms with Gasteiger partial charge < -0.3 is 5.11 Å². The van der Waals surface area contributed by atoms with Gasteiger partial charge in [0.25, 0.3) is 0 Å². The van der Waals surface area contributed by atoms with E-state index in [1.165, 1.54) is 11.3 Å². The van der Waals surface area contributed by atoms with Crippen LogP contribution in [-0.2, 0) is 6.61 Å². The minimum atomic E-state index is -0.128. The number of benzene rings is 1. The van der Waals surface area contributed by atoms with Gasteiger partial charge in [-0.25, -0.2) is 0 Å². The van der Waals surface area contributed by atoms with E-state index in [9.17, 15) is 0 Å². The summed E-state index contributed by atoms with van der Waals surface area (Å²) in [5.41, 5.74) is 1.18. The molecule has 0 saturated carbocycles. The first-order chi connectivity index (χ1) is 6.77. The van der Waals surface area contributed by atoms with Crippen LogP contribution < -0.4 is 0 Å². The van der Waals surface area contributed by atoms with Gasteiger partial charge in [-0.15, -0.1) is 11.3 Å². The van der Waals surface area contributed by atoms with Crippen molar-refractivity contribution in [2.75, 3.05) is 0 Å². The molecule has 0 aliphatic carbocycles. The lowest BCUT2D eigenvalue weighted by molar-refractivity contribution is 0.283. The molecule has 2 aromatic rings. The zero-order valence-electron chi connectivity index (χ0n) is 7.12. The number of thiophene rings is 1. The molecule has 4 heteroatoms. The highest BCUT2D eigenvalue weighted by Gasteiger charge is 2.10. The van der Waals surface area contributed by atoms with Gasteiger partial charge in [-0.1, -0.05) is 17.7 Å². The second kappa shape index (κ2) is 3.58. The minimum Gasteiger partial charge on any atom is -0.392 e. The summed E-state index contributed by atoms with van der Waals surface area (Å²) in [5, 5.41) is 21.4. The molecule has 2 nitrogen and oxygen atoms in total. The lowest BCUT2D eigenvalue weighted by Crippen LogP contribution is -1.88. The highest BCUT2D eigenvalue weighted by Crippen LogP contribution is 2.33. The molecular weight excluding hydrogens is 218 g/mol. The third kappa shape index (κ3) is 1.28. The molecule has 0 spiro atoms. The van der Waals surface area contributed by atoms with Crippen LogP contribution in [-0.4, -0.2) is 5.11 Å². The van der Waals surface area contributed by atoms with Crippen LogP contribution in [0.3, 0.4) is 0 Å². The summed E-state index contributed by atoms with van der Waals surface area (Å²) < 4.78 is 0.900. The van der Waals surface area contributed by atoms with Crippen molar-refractivity contribution in [3.8, 4) is 6.07 Å². The maximum atomic E-state index is 9.17. The maximum Gasteiger partial charge on any atom is 0.0995 e. The summed E-state index contributed by atoms with van der Waals surface area (Å²) >= 11 is 7.39. The molecule has 0 amide bonds. The smallest absolute Gasteiger partial charge is 0.0995 e. The summed E-state index contributed by atoms with van der Waals surface area (Å²) in [7, 11) is 0. The number of hydrogen-bond donors (Lipinski definition) is 1. The van der Waals surface area contributed by atoms with Crippen LogP contribution in [0.4, 0.5) is 0 Å². The van der Waals surface area contributed by atoms with E-state index >= 15 is 0 Å². The maximum absolute atomic E-state index is 9.17. The van der Waals surface area contributed by atoms with Crippen LogP contribution in [0.5, 0.6) is 0 Å². The number of aliphatic hydroxyl groups excluding tert-OH is 1. The van der Waals surface area contributed by atoms with Gasteiger partial charge in [0.2, 0.25) is 0 Å². The average molecular weight is 224 g/mol. The van der Waals surface area contributed by atoms with Crippen LogP contribution >= 0.6 is 22.9 Å². The van der Waals surface area contributed by atoms with Gasteiger partial charge in [-0.05, 0) is 6.07 Å². The number of rotatable bonds is 1. The first kappa shape index (κ1) is 9.47. The van der Waals surface area contributed by atoms with Crippen LogP contribution in [0.15, 0.2) is 17.5 Å². The Balaban J connectivity index is 2.86. The molecule has 2 rings (SSSR count). The Kier molecular flexibility index (Phi) is 2.42. The van der Waals surface area contributed by atoms with E-state index in [-0.39, 0.29) is 6.61 Å². The molecule has 0 atom stereocenters. The fourth-order valence-corrected chi connectivity index (χ4v) is 2.70. The molecule has 14 heavy (non-hydrogen) atoms. The van der Waals surface area contributed by atoms with Crippen molar-refractivity contribution in [3.63, 3.8) is 0 Å². The standard InChI is InChI=1S/C10H6ClNOS/c11-9-5-14-10-7(9)2-1-6(3-12)8(10)4-13/h1-2,5,13H,4H2. The van der Waals surface area contributed by atoms with Gasteiger partial charge in [0.15, 0.2) is 0 Å². The second-order valence-electron chi connectivity index (χ2n) is 2.82. The molecule has 0 bridgehead atoms. The highest BCUT2D eigenvalue weighted by molar-refractivity contribution is 7.18. The summed E-state index contributed by atoms with van der Waals surface area (Å²) in [4.78, 5) is 0. The van der Waals surface area contributed by atoms with Crippen molar-refractivity contribution in [1.82, 2.24) is 0 Å². The third-order valence-corrected chi connectivity index (χ3v) is 3.57. The molecule has 0 fully saturated rings. The Morgan fingerprint density at radius 1 is 1.50 bits per heavy atom. The van der Waals surface area contributed by atoms with Crippen LogP contribution in [0.2, 0.25) is 5.02 Å². The van der Waals surface area contributed by atoms with E-state index in [1.807, 2.05) is 11.4 Å². The predicted molar refractivity (Wildman–Crippen MR) is 57.5 cm³/mol. The fraction of sp³-hybridized carbons (Fsp3) is 0.100. The van der Waals surface area contributed by atoms with Crippen molar-refractivity contribution in [2.45, 2.75) is 6.61 Å². The number of aliphatic hydroxyl groups is 1. The largest absolute Gasteiger partial charge is 0.392 e. The molecule has 1 aromatic carbocycles. The lowest BCUT2D eigenvalue weighted by atomic mass is 10.1. The van der Waals surface area contributed by atoms with Crippen LogP contribution in [0.1, 0.15) is 11.1 Å². The molecule has 1 aromatic heterocycles. The lowest BCUT2D eigenvalue weighted by Gasteiger charge is -2.01. The number of nitriles is 1. The molecule has 0 aliphatic rings. The normalized spacial score (nSPS) is 10.4. The molecule has 0 aliphatic heterocycles. The van der Waals surface area contributed by atoms with E-state index in [1.54, 1.807) is 6.07 Å². The van der Waals surface area contributed by atoms with E-state index in [2.05, 4.69) is 6.07 Å². The monoisotopic (exact) mass is 223 g/mol. The molecular formula is C10H6ClNOS. The summed E-state index contributed by atoms with van der Waals surface area (Å²) in [6, 6.07) is 5.55. The van der Waals surface area contributed by atoms with Gasteiger partial charge in [0, 0.05) is 21.0 Å². The van der Waals surface area contributed by atoms with Gasteiger partial charge in [-0.2, -0.15) is 5.26 Å². The van der Waals surface area contributed by atoms with Gasteiger partial charge >= 0.3 is 0 Å². The second-order valence-corrected chi connectivity index (χ2v) is 4.11. The first-order valence-corrected chi connectivity index (χ1v) is 5.23. The van der Waals surface area contributed by atoms with Crippen molar-refractivity contribution >= 4 is 33.0 Å². The summed E-state index contributed by atoms with van der Waals surface area (Å²) in [5.74, 6) is 0. The summed E-state index contributed by atoms with van der Waals surface area (Å²) in [6.07, 6.45) is 0. The topological polar surface area (TPSA) is 44.0 Å². The molecule has 70 valence electrons. The number of nitrogens with zero attached hydrogens (tertiary/aromatic N) is 1. The van der Waals surface area contributed by atoms with Crippen molar-refractivity contribution < 1.29 is 5.11 Å². The Hall–Kier alpha value is -1.08. The summed E-state index contributed by atoms with van der Waals surface area (Å²) in [6.45, 7) is -0.128. The van der Waals surface area contributed by atoms with E-state index < -0.39 is 0 Å². The average Bonchev–Trinajstić information content (AvgIpc) is 2.59. The molecule has 0 unspecified atom stereocenters. The van der Waals surface area contributed by atoms with Gasteiger partial charge in [-0.3, -0.25) is 0 Å². The van der Waals surface area contributed by atoms with Crippen molar-refractivity contribution in [2.24, 2.45) is 0 Å². The number of fused-ring (bicyclic) bond motifs is 1. The Morgan fingerprint density at radius 2 is 2.29 bits per heavy atom. The Morgan fingerprint density at radius 3 is 2.93 bits per heavy atom.